The van der Waals surface area contributed by atoms with Crippen molar-refractivity contribution in [2.24, 2.45) is 0 Å². The fourth-order valence-electron chi connectivity index (χ4n) is 4.49. The number of hydrogen-bond donors (Lipinski definition) is 1. The predicted octanol–water partition coefficient (Wildman–Crippen LogP) is 5.44. The second kappa shape index (κ2) is 11.3. The van der Waals surface area contributed by atoms with Gasteiger partial charge in [0.15, 0.2) is 11.5 Å². The minimum absolute atomic E-state index is 0.0579. The summed E-state index contributed by atoms with van der Waals surface area (Å²) in [6.45, 7) is 4.43. The number of carbonyl (C=O) groups is 2. The minimum atomic E-state index is -0.966. The average molecular weight is 518 g/mol. The Bertz CT molecular complexity index is 1350. The molecule has 8 heteroatoms. The molecule has 198 valence electrons. The minimum Gasteiger partial charge on any atom is -0.507 e. The topological polar surface area (TPSA) is 94.5 Å². The lowest BCUT2D eigenvalue weighted by Crippen LogP contribution is -2.29. The molecule has 1 fully saturated rings. The number of aliphatic hydroxyl groups is 1. The maximum Gasteiger partial charge on any atom is 0.300 e. The molecule has 0 aliphatic carbocycles. The van der Waals surface area contributed by atoms with Crippen molar-refractivity contribution < 1.29 is 33.6 Å². The van der Waals surface area contributed by atoms with E-state index in [2.05, 4.69) is 0 Å². The van der Waals surface area contributed by atoms with E-state index in [1.165, 1.54) is 26.2 Å². The molecule has 1 N–H and O–H groups in total. The van der Waals surface area contributed by atoms with Crippen molar-refractivity contribution in [3.8, 4) is 23.0 Å². The number of methoxy groups -OCH3 is 3. The number of anilines is 1. The molecule has 38 heavy (non-hydrogen) atoms. The predicted molar refractivity (Wildman–Crippen MR) is 144 cm³/mol. The van der Waals surface area contributed by atoms with Gasteiger partial charge in [-0.05, 0) is 55.3 Å². The first-order valence-electron chi connectivity index (χ1n) is 12.2. The van der Waals surface area contributed by atoms with Gasteiger partial charge >= 0.3 is 0 Å². The van der Waals surface area contributed by atoms with Gasteiger partial charge in [0.05, 0.1) is 39.6 Å². The highest BCUT2D eigenvalue weighted by molar-refractivity contribution is 6.51. The quantitative estimate of drug-likeness (QED) is 0.230. The molecule has 1 aliphatic heterocycles. The molecule has 8 nitrogen and oxygen atoms in total. The summed E-state index contributed by atoms with van der Waals surface area (Å²) in [5, 5.41) is 11.5. The number of amides is 1. The fraction of sp³-hybridized carbons (Fsp3) is 0.267. The lowest BCUT2D eigenvalue weighted by Gasteiger charge is -2.26. The van der Waals surface area contributed by atoms with Crippen LogP contribution in [0.25, 0.3) is 5.76 Å². The number of aryl methyl sites for hydroxylation is 1. The van der Waals surface area contributed by atoms with Crippen molar-refractivity contribution in [3.05, 3.63) is 82.9 Å². The van der Waals surface area contributed by atoms with Crippen LogP contribution in [0.15, 0.2) is 66.2 Å². The summed E-state index contributed by atoms with van der Waals surface area (Å²) in [4.78, 5) is 28.4. The van der Waals surface area contributed by atoms with Gasteiger partial charge in [0, 0.05) is 11.3 Å². The molecule has 1 atom stereocenters. The van der Waals surface area contributed by atoms with Crippen molar-refractivity contribution in [1.29, 1.82) is 0 Å². The lowest BCUT2D eigenvalue weighted by atomic mass is 9.94. The average Bonchev–Trinajstić information content (AvgIpc) is 3.21. The Morgan fingerprint density at radius 1 is 0.921 bits per heavy atom. The summed E-state index contributed by atoms with van der Waals surface area (Å²) in [5.41, 5.74) is 2.31. The summed E-state index contributed by atoms with van der Waals surface area (Å²) < 4.78 is 22.2. The first-order valence-corrected chi connectivity index (χ1v) is 12.2. The van der Waals surface area contributed by atoms with Crippen molar-refractivity contribution in [1.82, 2.24) is 0 Å². The van der Waals surface area contributed by atoms with Crippen LogP contribution in [0.4, 0.5) is 5.69 Å². The van der Waals surface area contributed by atoms with Crippen molar-refractivity contribution >= 4 is 23.1 Å². The van der Waals surface area contributed by atoms with E-state index in [4.69, 9.17) is 18.9 Å². The Hall–Kier alpha value is -4.46. The third kappa shape index (κ3) is 4.89. The highest BCUT2D eigenvalue weighted by Crippen LogP contribution is 2.47. The number of aliphatic hydroxyl groups excluding tert-OH is 1. The molecule has 1 aliphatic rings. The third-order valence-corrected chi connectivity index (χ3v) is 6.34. The van der Waals surface area contributed by atoms with Crippen LogP contribution in [0.1, 0.15) is 36.1 Å². The van der Waals surface area contributed by atoms with E-state index in [0.29, 0.717) is 46.4 Å². The van der Waals surface area contributed by atoms with E-state index in [1.54, 1.807) is 48.5 Å². The Balaban J connectivity index is 1.97. The molecular weight excluding hydrogens is 486 g/mol. The maximum atomic E-state index is 13.5. The number of nitrogens with zero attached hydrogens (tertiary/aromatic N) is 1. The summed E-state index contributed by atoms with van der Waals surface area (Å²) >= 11 is 0. The van der Waals surface area contributed by atoms with E-state index in [9.17, 15) is 14.7 Å². The van der Waals surface area contributed by atoms with E-state index in [1.807, 2.05) is 26.0 Å². The van der Waals surface area contributed by atoms with Gasteiger partial charge in [-0.1, -0.05) is 36.8 Å². The summed E-state index contributed by atoms with van der Waals surface area (Å²) in [7, 11) is 4.46. The summed E-state index contributed by atoms with van der Waals surface area (Å²) in [5.74, 6) is -0.245. The lowest BCUT2D eigenvalue weighted by molar-refractivity contribution is -0.132. The van der Waals surface area contributed by atoms with E-state index >= 15 is 0 Å². The molecular formula is C30H31NO7. The molecule has 0 saturated carbocycles. The van der Waals surface area contributed by atoms with Gasteiger partial charge in [-0.2, -0.15) is 0 Å². The zero-order valence-electron chi connectivity index (χ0n) is 22.1. The molecule has 0 radical (unpaired) electrons. The van der Waals surface area contributed by atoms with Crippen molar-refractivity contribution in [2.45, 2.75) is 26.3 Å². The van der Waals surface area contributed by atoms with Gasteiger partial charge < -0.3 is 24.1 Å². The molecule has 1 amide bonds. The first kappa shape index (κ1) is 26.6. The number of ether oxygens (including phenoxy) is 4. The maximum absolute atomic E-state index is 13.5. The molecule has 4 rings (SSSR count). The van der Waals surface area contributed by atoms with Crippen LogP contribution in [-0.4, -0.2) is 44.7 Å². The number of hydrogen-bond acceptors (Lipinski definition) is 7. The molecule has 3 aromatic rings. The van der Waals surface area contributed by atoms with Crippen LogP contribution in [0, 0.1) is 6.92 Å². The number of benzene rings is 3. The SMILES string of the molecule is CCCOc1cccc(/C(O)=C2\C(=O)C(=O)N(c3ccc(C)cc3)C2c2cc(OC)c(OC)c(OC)c2)c1. The molecule has 1 unspecified atom stereocenters. The Morgan fingerprint density at radius 3 is 2.16 bits per heavy atom. The van der Waals surface area contributed by atoms with E-state index in [-0.39, 0.29) is 11.3 Å². The zero-order chi connectivity index (χ0) is 27.4. The Kier molecular flexibility index (Phi) is 7.90. The monoisotopic (exact) mass is 517 g/mol. The van der Waals surface area contributed by atoms with Gasteiger partial charge in [-0.25, -0.2) is 0 Å². The Labute approximate surface area is 222 Å². The first-order chi connectivity index (χ1) is 18.3. The number of Topliss-reactive ketones (excluding diaryl/α,β-unsaturated/α-hetero) is 1. The second-order valence-corrected chi connectivity index (χ2v) is 8.84. The fourth-order valence-corrected chi connectivity index (χ4v) is 4.49. The van der Waals surface area contributed by atoms with Crippen LogP contribution in [0.5, 0.6) is 23.0 Å². The van der Waals surface area contributed by atoms with Gasteiger partial charge in [0.2, 0.25) is 5.75 Å². The number of ketones is 1. The molecule has 1 heterocycles. The molecule has 3 aromatic carbocycles. The molecule has 0 aromatic heterocycles. The zero-order valence-corrected chi connectivity index (χ0v) is 22.1. The van der Waals surface area contributed by atoms with Gasteiger partial charge in [0.25, 0.3) is 11.7 Å². The Morgan fingerprint density at radius 2 is 1.58 bits per heavy atom. The highest BCUT2D eigenvalue weighted by Gasteiger charge is 2.47. The normalized spacial score (nSPS) is 16.4. The van der Waals surface area contributed by atoms with Crippen LogP contribution in [0.3, 0.4) is 0 Å². The highest BCUT2D eigenvalue weighted by atomic mass is 16.5. The van der Waals surface area contributed by atoms with Crippen molar-refractivity contribution in [3.63, 3.8) is 0 Å². The van der Waals surface area contributed by atoms with E-state index < -0.39 is 17.7 Å². The van der Waals surface area contributed by atoms with Gasteiger partial charge in [-0.15, -0.1) is 0 Å². The van der Waals surface area contributed by atoms with E-state index in [0.717, 1.165) is 12.0 Å². The van der Waals surface area contributed by atoms with Gasteiger partial charge in [-0.3, -0.25) is 14.5 Å². The summed E-state index contributed by atoms with van der Waals surface area (Å²) in [6.07, 6.45) is 0.818. The van der Waals surface area contributed by atoms with Crippen LogP contribution >= 0.6 is 0 Å². The smallest absolute Gasteiger partial charge is 0.300 e. The van der Waals surface area contributed by atoms with Gasteiger partial charge in [0.1, 0.15) is 11.5 Å². The third-order valence-electron chi connectivity index (χ3n) is 6.34. The van der Waals surface area contributed by atoms with Crippen LogP contribution in [0.2, 0.25) is 0 Å². The molecule has 1 saturated heterocycles. The van der Waals surface area contributed by atoms with Crippen molar-refractivity contribution in [2.75, 3.05) is 32.8 Å². The standard InChI is InChI=1S/C30H31NO7/c1-6-14-38-22-9-7-8-19(15-22)27(32)25-26(20-16-23(35-3)29(37-5)24(17-20)36-4)31(30(34)28(25)33)21-12-10-18(2)11-13-21/h7-13,15-17,26,32H,6,14H2,1-5H3/b27-25+. The molecule has 0 bridgehead atoms. The second-order valence-electron chi connectivity index (χ2n) is 8.84. The van der Waals surface area contributed by atoms with Crippen LogP contribution < -0.4 is 23.8 Å². The van der Waals surface area contributed by atoms with Crippen LogP contribution in [-0.2, 0) is 9.59 Å². The summed E-state index contributed by atoms with van der Waals surface area (Å²) in [6, 6.07) is 16.4. The number of carbonyl (C=O) groups excluding carboxylic acids is 2. The molecule has 0 spiro atoms. The largest absolute Gasteiger partial charge is 0.507 e. The number of rotatable bonds is 9.